The van der Waals surface area contributed by atoms with E-state index in [1.165, 1.54) is 0 Å². The topological polar surface area (TPSA) is 35.5 Å². The van der Waals surface area contributed by atoms with E-state index >= 15 is 0 Å². The molecule has 0 amide bonds. The monoisotopic (exact) mass is 354 g/mol. The second-order valence-corrected chi connectivity index (χ2v) is 11.7. The van der Waals surface area contributed by atoms with Gasteiger partial charge in [-0.25, -0.2) is 13.6 Å². The number of carbonyl (C=O) groups excluding carboxylic acids is 1. The van der Waals surface area contributed by atoms with Crippen molar-refractivity contribution in [2.75, 3.05) is 6.61 Å². The summed E-state index contributed by atoms with van der Waals surface area (Å²) in [6.07, 6.45) is 0. The van der Waals surface area contributed by atoms with Gasteiger partial charge >= 0.3 is 5.97 Å². The van der Waals surface area contributed by atoms with Crippen LogP contribution in [0.2, 0.25) is 18.1 Å². The Kier molecular flexibility index (Phi) is 6.70. The first-order valence-electron chi connectivity index (χ1n) is 7.78. The number of benzene rings is 1. The van der Waals surface area contributed by atoms with Crippen molar-refractivity contribution in [2.24, 2.45) is 0 Å². The minimum Gasteiger partial charge on any atom is -0.456 e. The molecule has 0 aliphatic rings. The Morgan fingerprint density at radius 3 is 2.21 bits per heavy atom. The Hall–Kier alpha value is -1.71. The molecule has 0 saturated carbocycles. The molecule has 6 heteroatoms. The number of halogens is 2. The summed E-state index contributed by atoms with van der Waals surface area (Å²) in [5, 5.41) is -0.0506. The lowest BCUT2D eigenvalue weighted by molar-refractivity contribution is -0.136. The Bertz CT molecular complexity index is 644. The van der Waals surface area contributed by atoms with Crippen LogP contribution in [0.5, 0.6) is 0 Å². The Morgan fingerprint density at radius 2 is 1.75 bits per heavy atom. The first kappa shape index (κ1) is 20.3. The van der Waals surface area contributed by atoms with E-state index in [4.69, 9.17) is 4.43 Å². The zero-order chi connectivity index (χ0) is 18.5. The maximum absolute atomic E-state index is 14.2. The molecule has 0 bridgehead atoms. The molecule has 1 aromatic rings. The minimum atomic E-state index is -2.11. The maximum atomic E-state index is 14.2. The summed E-state index contributed by atoms with van der Waals surface area (Å²) in [6, 6.07) is 2.19. The molecular weight excluding hydrogens is 330 g/mol. The first-order valence-corrected chi connectivity index (χ1v) is 10.7. The predicted octanol–water partition coefficient (Wildman–Crippen LogP) is 4.40. The number of esters is 1. The number of hydrogen-bond donors (Lipinski definition) is 0. The molecule has 1 rings (SSSR count). The molecule has 132 valence electrons. The van der Waals surface area contributed by atoms with Gasteiger partial charge in [-0.15, -0.1) is 0 Å². The number of hydrogen-bond acceptors (Lipinski definition) is 3. The van der Waals surface area contributed by atoms with Gasteiger partial charge < -0.3 is 9.16 Å². The third-order valence-electron chi connectivity index (χ3n) is 4.11. The van der Waals surface area contributed by atoms with Crippen molar-refractivity contribution < 1.29 is 22.7 Å². The number of carbonyl (C=O) groups is 1. The highest BCUT2D eigenvalue weighted by Crippen LogP contribution is 2.37. The van der Waals surface area contributed by atoms with Gasteiger partial charge in [-0.2, -0.15) is 0 Å². The normalized spacial score (nSPS) is 11.7. The zero-order valence-corrected chi connectivity index (χ0v) is 16.0. The van der Waals surface area contributed by atoms with Crippen LogP contribution in [0.3, 0.4) is 0 Å². The second kappa shape index (κ2) is 7.91. The Morgan fingerprint density at radius 1 is 1.21 bits per heavy atom. The quantitative estimate of drug-likeness (QED) is 0.457. The largest absolute Gasteiger partial charge is 0.456 e. The molecule has 3 nitrogen and oxygen atoms in total. The predicted molar refractivity (Wildman–Crippen MR) is 91.9 cm³/mol. The highest BCUT2D eigenvalue weighted by molar-refractivity contribution is 6.74. The van der Waals surface area contributed by atoms with Gasteiger partial charge in [-0.3, -0.25) is 0 Å². The van der Waals surface area contributed by atoms with Crippen molar-refractivity contribution in [3.63, 3.8) is 0 Å². The van der Waals surface area contributed by atoms with Crippen LogP contribution in [-0.4, -0.2) is 20.9 Å². The van der Waals surface area contributed by atoms with Gasteiger partial charge in [0.15, 0.2) is 8.32 Å². The Balaban J connectivity index is 2.95. The fraction of sp³-hybridized carbons (Fsp3) is 0.500. The third-order valence-corrected chi connectivity index (χ3v) is 8.59. The summed E-state index contributed by atoms with van der Waals surface area (Å²) >= 11 is 0. The van der Waals surface area contributed by atoms with E-state index in [0.717, 1.165) is 12.1 Å². The lowest BCUT2D eigenvalue weighted by Gasteiger charge is -2.36. The summed E-state index contributed by atoms with van der Waals surface area (Å²) < 4.78 is 38.8. The van der Waals surface area contributed by atoms with Crippen LogP contribution in [0.1, 0.15) is 38.8 Å². The summed E-state index contributed by atoms with van der Waals surface area (Å²) in [4.78, 5) is 11.2. The molecule has 0 N–H and O–H groups in total. The minimum absolute atomic E-state index is 0.0506. The summed E-state index contributed by atoms with van der Waals surface area (Å²) in [7, 11) is -2.11. The van der Waals surface area contributed by atoms with Crippen molar-refractivity contribution in [2.45, 2.75) is 52.4 Å². The lowest BCUT2D eigenvalue weighted by atomic mass is 10.1. The van der Waals surface area contributed by atoms with E-state index in [9.17, 15) is 13.6 Å². The third kappa shape index (κ3) is 5.43. The van der Waals surface area contributed by atoms with Gasteiger partial charge in [-0.05, 0) is 37.2 Å². The molecule has 0 unspecified atom stereocenters. The number of rotatable bonds is 4. The summed E-state index contributed by atoms with van der Waals surface area (Å²) in [5.74, 6) is 2.38. The molecule has 0 saturated heterocycles. The highest BCUT2D eigenvalue weighted by Gasteiger charge is 2.37. The van der Waals surface area contributed by atoms with Crippen molar-refractivity contribution in [1.82, 2.24) is 0 Å². The molecule has 0 heterocycles. The van der Waals surface area contributed by atoms with E-state index in [2.05, 4.69) is 37.3 Å². The molecule has 24 heavy (non-hydrogen) atoms. The van der Waals surface area contributed by atoms with E-state index in [1.54, 1.807) is 6.92 Å². The van der Waals surface area contributed by atoms with E-state index in [1.807, 2.05) is 13.1 Å². The van der Waals surface area contributed by atoms with E-state index < -0.39 is 25.9 Å². The van der Waals surface area contributed by atoms with E-state index in [0.29, 0.717) is 0 Å². The van der Waals surface area contributed by atoms with Gasteiger partial charge in [0.25, 0.3) is 0 Å². The average molecular weight is 354 g/mol. The number of ether oxygens (including phenoxy) is 1. The van der Waals surface area contributed by atoms with Crippen molar-refractivity contribution in [1.29, 1.82) is 0 Å². The fourth-order valence-electron chi connectivity index (χ4n) is 1.57. The van der Waals surface area contributed by atoms with Crippen molar-refractivity contribution in [3.05, 3.63) is 34.9 Å². The maximum Gasteiger partial charge on any atom is 0.384 e. The molecule has 1 aromatic carbocycles. The molecule has 0 atom stereocenters. The van der Waals surface area contributed by atoms with Crippen LogP contribution in [0, 0.1) is 23.5 Å². The lowest BCUT2D eigenvalue weighted by Crippen LogP contribution is -2.40. The first-order chi connectivity index (χ1) is 11.0. The average Bonchev–Trinajstić information content (AvgIpc) is 2.43. The van der Waals surface area contributed by atoms with Gasteiger partial charge in [0.05, 0.1) is 13.2 Å². The van der Waals surface area contributed by atoms with Gasteiger partial charge in [-0.1, -0.05) is 26.7 Å². The van der Waals surface area contributed by atoms with Gasteiger partial charge in [0, 0.05) is 17.0 Å². The molecular formula is C18H24F2O3Si. The van der Waals surface area contributed by atoms with E-state index in [-0.39, 0.29) is 29.4 Å². The highest BCUT2D eigenvalue weighted by atomic mass is 28.4. The van der Waals surface area contributed by atoms with Crippen molar-refractivity contribution >= 4 is 14.3 Å². The Labute approximate surface area is 143 Å². The second-order valence-electron chi connectivity index (χ2n) is 6.94. The molecule has 0 aromatic heterocycles. The molecule has 0 radical (unpaired) electrons. The summed E-state index contributed by atoms with van der Waals surface area (Å²) in [6.45, 7) is 11.9. The molecule has 0 spiro atoms. The van der Waals surface area contributed by atoms with Crippen LogP contribution >= 0.6 is 0 Å². The van der Waals surface area contributed by atoms with Crippen molar-refractivity contribution in [3.8, 4) is 11.8 Å². The van der Waals surface area contributed by atoms with Crippen LogP contribution in [-0.2, 0) is 20.6 Å². The van der Waals surface area contributed by atoms with Crippen LogP contribution in [0.25, 0.3) is 0 Å². The fourth-order valence-corrected chi connectivity index (χ4v) is 2.51. The SMILES string of the molecule is CCOC(=O)C#Cc1cc(F)c(CO[Si](C)(C)C(C)(C)C)c(F)c1. The van der Waals surface area contributed by atoms with Crippen LogP contribution < -0.4 is 0 Å². The van der Waals surface area contributed by atoms with Gasteiger partial charge in [0.2, 0.25) is 0 Å². The van der Waals surface area contributed by atoms with Crippen LogP contribution in [0.15, 0.2) is 12.1 Å². The molecule has 0 aliphatic heterocycles. The summed E-state index contributed by atoms with van der Waals surface area (Å²) in [5.41, 5.74) is -0.0457. The standard InChI is InChI=1S/C18H24F2O3Si/c1-7-22-17(21)9-8-13-10-15(19)14(16(20)11-13)12-23-24(5,6)18(2,3)4/h10-11H,7,12H2,1-6H3. The van der Waals surface area contributed by atoms with Gasteiger partial charge in [0.1, 0.15) is 11.6 Å². The van der Waals surface area contributed by atoms with Crippen LogP contribution in [0.4, 0.5) is 8.78 Å². The zero-order valence-electron chi connectivity index (χ0n) is 15.0. The molecule has 0 aliphatic carbocycles. The molecule has 0 fully saturated rings. The smallest absolute Gasteiger partial charge is 0.384 e.